The van der Waals surface area contributed by atoms with E-state index in [9.17, 15) is 19.8 Å². The number of hydrogen-bond donors (Lipinski definition) is 3. The Morgan fingerprint density at radius 2 is 0.727 bits per heavy atom. The molecule has 0 spiro atoms. The van der Waals surface area contributed by atoms with E-state index >= 15 is 0 Å². The maximum atomic E-state index is 11.9. The summed E-state index contributed by atoms with van der Waals surface area (Å²) in [6.07, 6.45) is 52.9. The highest BCUT2D eigenvalue weighted by molar-refractivity contribution is 5.69. The number of carbonyl (C=O) groups excluding carboxylic acids is 2. The molecule has 458 valence electrons. The van der Waals surface area contributed by atoms with Crippen molar-refractivity contribution in [2.45, 2.75) is 369 Å². The summed E-state index contributed by atoms with van der Waals surface area (Å²) < 4.78 is 22.1. The molecule has 9 heteroatoms. The number of aliphatic hydroxyl groups is 3. The molecule has 1 aliphatic rings. The van der Waals surface area contributed by atoms with Gasteiger partial charge in [0.25, 0.3) is 0 Å². The largest absolute Gasteiger partial charge is 0.466 e. The Kier molecular flexibility index (Phi) is 62.2. The summed E-state index contributed by atoms with van der Waals surface area (Å²) in [6, 6.07) is 0. The Bertz CT molecular complexity index is 1240. The lowest BCUT2D eigenvalue weighted by Crippen LogP contribution is -2.56. The molecule has 1 heterocycles. The second kappa shape index (κ2) is 61.9. The lowest BCUT2D eigenvalue weighted by Gasteiger charge is -2.40. The maximum Gasteiger partial charge on any atom is 0.305 e. The molecule has 3 N–H and O–H groups in total. The number of rotatable bonds is 52. The van der Waals surface area contributed by atoms with E-state index in [1.165, 1.54) is 231 Å². The van der Waals surface area contributed by atoms with Crippen LogP contribution >= 0.6 is 0 Å². The molecule has 5 atom stereocenters. The minimum absolute atomic E-state index is 0.0212. The Labute approximate surface area is 478 Å². The Morgan fingerprint density at radius 1 is 0.416 bits per heavy atom. The molecule has 1 aliphatic heterocycles. The number of esters is 2. The van der Waals surface area contributed by atoms with Crippen molar-refractivity contribution >= 4 is 11.9 Å². The predicted octanol–water partition coefficient (Wildman–Crippen LogP) is 19.1. The van der Waals surface area contributed by atoms with Crippen molar-refractivity contribution in [3.63, 3.8) is 0 Å². The van der Waals surface area contributed by atoms with Gasteiger partial charge in [0.1, 0.15) is 18.3 Å². The number of unbranched alkanes of at least 4 members (excludes halogenated alkanes) is 28. The smallest absolute Gasteiger partial charge is 0.305 e. The standard InChI is InChI=1S/C29H58O2.C25H50O2.C14H24O5/c1-4-7-10-13-16-19-23-28(24-20-17-14-11-8-5-2)25-22-27-31-29(30)26-21-18-15-12-9-6-3;1-4-7-10-13-14-17-22-25(26)27-23-18-21-24(19-15-11-8-5-2)20-16-12-9-6-3;1-3-5-6-8-18-14-10(7-4-2)12(16)13(17)11(9-15)19-14/h28H,4-27H2,1-3H3;24H,4-23H2,1-3H3;10-17H,3,5-6,8-9H2,1-2H3/t;;10?,11-,12-,13?,14?/m..1/s1. The third kappa shape index (κ3) is 51.0. The minimum atomic E-state index is -1.15. The van der Waals surface area contributed by atoms with Crippen LogP contribution in [0.1, 0.15) is 344 Å². The van der Waals surface area contributed by atoms with Gasteiger partial charge in [0.2, 0.25) is 0 Å². The molecule has 3 unspecified atom stereocenters. The van der Waals surface area contributed by atoms with E-state index in [2.05, 4.69) is 60.3 Å². The van der Waals surface area contributed by atoms with Crippen molar-refractivity contribution in [3.05, 3.63) is 0 Å². The molecule has 0 radical (unpaired) electrons. The van der Waals surface area contributed by atoms with E-state index < -0.39 is 30.5 Å². The first-order valence-corrected chi connectivity index (χ1v) is 33.6. The fourth-order valence-electron chi connectivity index (χ4n) is 10.5. The second-order valence-corrected chi connectivity index (χ2v) is 23.0. The first kappa shape index (κ1) is 77.4. The van der Waals surface area contributed by atoms with Gasteiger partial charge >= 0.3 is 11.9 Å². The van der Waals surface area contributed by atoms with Crippen LogP contribution in [0.4, 0.5) is 0 Å². The van der Waals surface area contributed by atoms with Crippen LogP contribution in [0.15, 0.2) is 0 Å². The highest BCUT2D eigenvalue weighted by Gasteiger charge is 2.44. The SMILES string of the molecule is CC#CC1C(OCCCCC)O[C@H](CO)C(O)[C@@H]1O.CCCCCCCCC(=O)OCCCC(CCCCCC)CCCCCC.CCCCCCCCC(=O)OCCCC(CCCCCCCC)CCCCCCCC. The molecule has 9 nitrogen and oxygen atoms in total. The van der Waals surface area contributed by atoms with Crippen LogP contribution in [0.25, 0.3) is 0 Å². The molecule has 0 aromatic rings. The summed E-state index contributed by atoms with van der Waals surface area (Å²) in [5.74, 6) is 6.66. The zero-order valence-corrected chi connectivity index (χ0v) is 52.5. The van der Waals surface area contributed by atoms with Gasteiger partial charge in [0.15, 0.2) is 6.29 Å². The molecule has 77 heavy (non-hydrogen) atoms. The summed E-state index contributed by atoms with van der Waals surface area (Å²) in [5.41, 5.74) is 0. The quantitative estimate of drug-likeness (QED) is 0.0309. The van der Waals surface area contributed by atoms with Gasteiger partial charge in [-0.2, -0.15) is 0 Å². The molecular weight excluding hydrogens is 961 g/mol. The lowest BCUT2D eigenvalue weighted by molar-refractivity contribution is -0.274. The monoisotopic (exact) mass is 1090 g/mol. The highest BCUT2D eigenvalue weighted by atomic mass is 16.7. The minimum Gasteiger partial charge on any atom is -0.466 e. The third-order valence-corrected chi connectivity index (χ3v) is 15.6. The third-order valence-electron chi connectivity index (χ3n) is 15.6. The van der Waals surface area contributed by atoms with Crippen molar-refractivity contribution in [3.8, 4) is 11.8 Å². The number of aliphatic hydroxyl groups excluding tert-OH is 3. The first-order valence-electron chi connectivity index (χ1n) is 33.6. The molecule has 1 fully saturated rings. The van der Waals surface area contributed by atoms with Crippen molar-refractivity contribution in [1.29, 1.82) is 0 Å². The normalized spacial score (nSPS) is 17.1. The zero-order chi connectivity index (χ0) is 57.1. The summed E-state index contributed by atoms with van der Waals surface area (Å²) in [5, 5.41) is 29.0. The molecule has 0 saturated carbocycles. The fraction of sp³-hybridized carbons (Fsp3) is 0.941. The molecular formula is C68H132O9. The van der Waals surface area contributed by atoms with Gasteiger partial charge in [-0.3, -0.25) is 9.59 Å². The summed E-state index contributed by atoms with van der Waals surface area (Å²) in [7, 11) is 0. The van der Waals surface area contributed by atoms with Gasteiger partial charge in [-0.15, -0.1) is 5.92 Å². The number of hydrogen-bond acceptors (Lipinski definition) is 9. The van der Waals surface area contributed by atoms with Gasteiger partial charge in [-0.25, -0.2) is 0 Å². The van der Waals surface area contributed by atoms with Gasteiger partial charge in [-0.05, 0) is 63.7 Å². The van der Waals surface area contributed by atoms with E-state index in [-0.39, 0.29) is 18.5 Å². The van der Waals surface area contributed by atoms with E-state index in [0.717, 1.165) is 56.8 Å². The summed E-state index contributed by atoms with van der Waals surface area (Å²) in [4.78, 5) is 23.8. The van der Waals surface area contributed by atoms with E-state index in [1.54, 1.807) is 6.92 Å². The predicted molar refractivity (Wildman–Crippen MR) is 327 cm³/mol. The van der Waals surface area contributed by atoms with Crippen molar-refractivity contribution in [2.75, 3.05) is 26.4 Å². The average Bonchev–Trinajstić information content (AvgIpc) is 3.43. The van der Waals surface area contributed by atoms with E-state index in [0.29, 0.717) is 32.7 Å². The zero-order valence-electron chi connectivity index (χ0n) is 52.5. The van der Waals surface area contributed by atoms with Gasteiger partial charge in [0, 0.05) is 19.4 Å². The number of carbonyl (C=O) groups is 2. The molecule has 0 amide bonds. The van der Waals surface area contributed by atoms with Crippen LogP contribution in [-0.2, 0) is 28.5 Å². The molecule has 0 aromatic carbocycles. The Hall–Kier alpha value is -1.70. The maximum absolute atomic E-state index is 11.9. The van der Waals surface area contributed by atoms with Crippen molar-refractivity contribution < 1.29 is 43.9 Å². The molecule has 0 bridgehead atoms. The van der Waals surface area contributed by atoms with E-state index in [1.807, 2.05) is 0 Å². The summed E-state index contributed by atoms with van der Waals surface area (Å²) >= 11 is 0. The van der Waals surface area contributed by atoms with Crippen LogP contribution in [0, 0.1) is 29.6 Å². The molecule has 1 rings (SSSR count). The topological polar surface area (TPSA) is 132 Å². The Morgan fingerprint density at radius 3 is 1.08 bits per heavy atom. The molecule has 1 saturated heterocycles. The Balaban J connectivity index is 0. The van der Waals surface area contributed by atoms with Crippen LogP contribution in [0.5, 0.6) is 0 Å². The summed E-state index contributed by atoms with van der Waals surface area (Å²) in [6.45, 7) is 18.8. The second-order valence-electron chi connectivity index (χ2n) is 23.0. The molecule has 0 aliphatic carbocycles. The van der Waals surface area contributed by atoms with Gasteiger partial charge in [0.05, 0.1) is 25.7 Å². The van der Waals surface area contributed by atoms with Crippen LogP contribution in [-0.4, -0.2) is 78.3 Å². The van der Waals surface area contributed by atoms with Crippen LogP contribution in [0.3, 0.4) is 0 Å². The van der Waals surface area contributed by atoms with Gasteiger partial charge < -0.3 is 34.3 Å². The van der Waals surface area contributed by atoms with Crippen molar-refractivity contribution in [2.24, 2.45) is 17.8 Å². The fourth-order valence-corrected chi connectivity index (χ4v) is 10.5. The highest BCUT2D eigenvalue weighted by Crippen LogP contribution is 2.28. The van der Waals surface area contributed by atoms with E-state index in [4.69, 9.17) is 24.1 Å². The first-order chi connectivity index (χ1) is 37.6. The van der Waals surface area contributed by atoms with Crippen molar-refractivity contribution in [1.82, 2.24) is 0 Å². The number of ether oxygens (including phenoxy) is 4. The van der Waals surface area contributed by atoms with Crippen LogP contribution in [0.2, 0.25) is 0 Å². The van der Waals surface area contributed by atoms with Gasteiger partial charge in [-0.1, -0.05) is 286 Å². The molecule has 0 aromatic heterocycles. The lowest BCUT2D eigenvalue weighted by atomic mass is 9.90. The average molecular weight is 1090 g/mol. The van der Waals surface area contributed by atoms with Crippen LogP contribution < -0.4 is 0 Å².